The average Bonchev–Trinajstić information content (AvgIpc) is 3.25. The molecule has 2 unspecified atom stereocenters. The minimum Gasteiger partial charge on any atom is -0.465 e. The third-order valence-electron chi connectivity index (χ3n) is 7.35. The molecule has 5 rings (SSSR count). The molecule has 4 aromatic rings. The molecule has 2 aromatic heterocycles. The summed E-state index contributed by atoms with van der Waals surface area (Å²) in [7, 11) is 0. The average molecular weight is 500 g/mol. The van der Waals surface area contributed by atoms with E-state index in [2.05, 4.69) is 45.2 Å². The zero-order valence-electron chi connectivity index (χ0n) is 20.9. The maximum atomic E-state index is 13.0. The lowest BCUT2D eigenvalue weighted by molar-refractivity contribution is 0.0932. The van der Waals surface area contributed by atoms with Crippen molar-refractivity contribution >= 4 is 17.1 Å². The Kier molecular flexibility index (Phi) is 7.65. The molecular formula is C29H33N5O3. The van der Waals surface area contributed by atoms with Gasteiger partial charge in [0, 0.05) is 44.6 Å². The van der Waals surface area contributed by atoms with E-state index in [1.807, 2.05) is 47.2 Å². The van der Waals surface area contributed by atoms with Crippen molar-refractivity contribution in [3.8, 4) is 0 Å². The van der Waals surface area contributed by atoms with E-state index in [9.17, 15) is 14.7 Å². The molecule has 1 amide bonds. The smallest absolute Gasteiger partial charge is 0.407 e. The Morgan fingerprint density at radius 1 is 1.03 bits per heavy atom. The van der Waals surface area contributed by atoms with E-state index in [1.54, 1.807) is 6.20 Å². The van der Waals surface area contributed by atoms with Gasteiger partial charge in [-0.1, -0.05) is 48.5 Å². The van der Waals surface area contributed by atoms with Gasteiger partial charge in [0.05, 0.1) is 11.0 Å². The SMILES string of the molecule is O=C(O)N1CCC(n2c(=O)[nH]c3ccccc32)C(CCCN(Cc2ccccc2)Cc2cccnc2)C1. The van der Waals surface area contributed by atoms with E-state index in [1.165, 1.54) is 10.5 Å². The summed E-state index contributed by atoms with van der Waals surface area (Å²) in [6.07, 6.45) is 5.16. The van der Waals surface area contributed by atoms with Gasteiger partial charge in [0.25, 0.3) is 0 Å². The molecule has 0 saturated carbocycles. The number of likely N-dealkylation sites (tertiary alicyclic amines) is 1. The van der Waals surface area contributed by atoms with E-state index >= 15 is 0 Å². The van der Waals surface area contributed by atoms with Gasteiger partial charge in [0.2, 0.25) is 0 Å². The van der Waals surface area contributed by atoms with E-state index < -0.39 is 6.09 Å². The number of aromatic amines is 1. The maximum Gasteiger partial charge on any atom is 0.407 e. The molecule has 0 radical (unpaired) electrons. The summed E-state index contributed by atoms with van der Waals surface area (Å²) in [5.74, 6) is 0.0544. The first-order valence-corrected chi connectivity index (χ1v) is 12.9. The van der Waals surface area contributed by atoms with E-state index in [0.717, 1.165) is 49.1 Å². The maximum absolute atomic E-state index is 13.0. The Balaban J connectivity index is 1.33. The first-order valence-electron chi connectivity index (χ1n) is 12.9. The molecule has 1 fully saturated rings. The quantitative estimate of drug-likeness (QED) is 0.347. The monoisotopic (exact) mass is 499 g/mol. The first-order chi connectivity index (χ1) is 18.1. The van der Waals surface area contributed by atoms with Crippen LogP contribution in [0.5, 0.6) is 0 Å². The van der Waals surface area contributed by atoms with Crippen LogP contribution >= 0.6 is 0 Å². The van der Waals surface area contributed by atoms with Crippen molar-refractivity contribution in [2.45, 2.75) is 38.4 Å². The number of piperidine rings is 1. The molecule has 2 N–H and O–H groups in total. The second-order valence-corrected chi connectivity index (χ2v) is 9.86. The Hall–Kier alpha value is -3.91. The second kappa shape index (κ2) is 11.4. The van der Waals surface area contributed by atoms with Crippen LogP contribution in [-0.2, 0) is 13.1 Å². The largest absolute Gasteiger partial charge is 0.465 e. The summed E-state index contributed by atoms with van der Waals surface area (Å²) < 4.78 is 1.86. The number of carbonyl (C=O) groups is 1. The second-order valence-electron chi connectivity index (χ2n) is 9.86. The Morgan fingerprint density at radius 3 is 2.57 bits per heavy atom. The fraction of sp³-hybridized carbons (Fsp3) is 0.345. The number of para-hydroxylation sites is 2. The molecule has 8 nitrogen and oxygen atoms in total. The molecule has 1 aliphatic rings. The van der Waals surface area contributed by atoms with Gasteiger partial charge >= 0.3 is 11.8 Å². The molecule has 1 aliphatic heterocycles. The van der Waals surface area contributed by atoms with Gasteiger partial charge < -0.3 is 15.0 Å². The van der Waals surface area contributed by atoms with Crippen LogP contribution in [0.25, 0.3) is 11.0 Å². The molecule has 2 atom stereocenters. The number of pyridine rings is 1. The number of hydrogen-bond acceptors (Lipinski definition) is 4. The molecule has 0 spiro atoms. The van der Waals surface area contributed by atoms with Crippen LogP contribution in [0.15, 0.2) is 83.9 Å². The minimum absolute atomic E-state index is 0.0415. The van der Waals surface area contributed by atoms with Gasteiger partial charge in [0.1, 0.15) is 0 Å². The molecule has 0 bridgehead atoms. The zero-order chi connectivity index (χ0) is 25.6. The lowest BCUT2D eigenvalue weighted by Gasteiger charge is -2.38. The van der Waals surface area contributed by atoms with Gasteiger partial charge in [-0.25, -0.2) is 9.59 Å². The number of nitrogens with zero attached hydrogens (tertiary/aromatic N) is 4. The highest BCUT2D eigenvalue weighted by Crippen LogP contribution is 2.33. The van der Waals surface area contributed by atoms with Gasteiger partial charge in [-0.2, -0.15) is 0 Å². The van der Waals surface area contributed by atoms with E-state index in [4.69, 9.17) is 0 Å². The van der Waals surface area contributed by atoms with Crippen molar-refractivity contribution in [2.24, 2.45) is 5.92 Å². The number of carboxylic acid groups (broad SMARTS) is 1. The standard InChI is InChI=1S/C29H33N5O3/c35-28-31-25-12-4-5-13-27(25)34(28)26-14-17-33(29(36)37)21-24(26)11-7-16-32(19-22-8-2-1-3-9-22)20-23-10-6-15-30-18-23/h1-6,8-10,12-13,15,18,24,26H,7,11,14,16-17,19-21H2,(H,31,35)(H,36,37). The number of benzene rings is 2. The summed E-state index contributed by atoms with van der Waals surface area (Å²) >= 11 is 0. The normalized spacial score (nSPS) is 17.9. The van der Waals surface area contributed by atoms with E-state index in [-0.39, 0.29) is 17.6 Å². The number of nitrogens with one attached hydrogen (secondary N) is 1. The highest BCUT2D eigenvalue weighted by atomic mass is 16.4. The van der Waals surface area contributed by atoms with Gasteiger partial charge in [-0.15, -0.1) is 0 Å². The van der Waals surface area contributed by atoms with Crippen LogP contribution in [0.1, 0.15) is 36.4 Å². The van der Waals surface area contributed by atoms with Crippen molar-refractivity contribution in [1.29, 1.82) is 0 Å². The van der Waals surface area contributed by atoms with Crippen molar-refractivity contribution < 1.29 is 9.90 Å². The van der Waals surface area contributed by atoms with Crippen molar-refractivity contribution in [3.63, 3.8) is 0 Å². The first kappa shape index (κ1) is 24.8. The van der Waals surface area contributed by atoms with Crippen LogP contribution in [0, 0.1) is 5.92 Å². The predicted molar refractivity (Wildman–Crippen MR) is 143 cm³/mol. The number of aromatic nitrogens is 3. The molecule has 37 heavy (non-hydrogen) atoms. The topological polar surface area (TPSA) is 94.5 Å². The van der Waals surface area contributed by atoms with E-state index in [0.29, 0.717) is 19.5 Å². The lowest BCUT2D eigenvalue weighted by atomic mass is 9.87. The number of H-pyrrole nitrogens is 1. The third-order valence-corrected chi connectivity index (χ3v) is 7.35. The molecule has 8 heteroatoms. The lowest BCUT2D eigenvalue weighted by Crippen LogP contribution is -2.45. The van der Waals surface area contributed by atoms with Crippen molar-refractivity contribution in [1.82, 2.24) is 24.3 Å². The number of amides is 1. The molecule has 2 aromatic carbocycles. The number of fused-ring (bicyclic) bond motifs is 1. The number of imidazole rings is 1. The summed E-state index contributed by atoms with van der Waals surface area (Å²) in [6.45, 7) is 3.35. The zero-order valence-corrected chi connectivity index (χ0v) is 20.9. The Bertz CT molecular complexity index is 1330. The summed E-state index contributed by atoms with van der Waals surface area (Å²) in [5, 5.41) is 9.68. The number of hydrogen-bond donors (Lipinski definition) is 2. The van der Waals surface area contributed by atoms with Crippen molar-refractivity contribution in [3.05, 3.63) is 101 Å². The highest BCUT2D eigenvalue weighted by molar-refractivity contribution is 5.75. The molecule has 192 valence electrons. The molecule has 3 heterocycles. The van der Waals surface area contributed by atoms with Crippen LogP contribution in [0.4, 0.5) is 4.79 Å². The summed E-state index contributed by atoms with van der Waals surface area (Å²) in [4.78, 5) is 35.9. The summed E-state index contributed by atoms with van der Waals surface area (Å²) in [5.41, 5.74) is 3.99. The fourth-order valence-corrected chi connectivity index (χ4v) is 5.60. The Labute approximate surface area is 216 Å². The highest BCUT2D eigenvalue weighted by Gasteiger charge is 2.34. The van der Waals surface area contributed by atoms with Crippen LogP contribution in [0.2, 0.25) is 0 Å². The minimum atomic E-state index is -0.892. The number of rotatable bonds is 9. The predicted octanol–water partition coefficient (Wildman–Crippen LogP) is 4.75. The van der Waals surface area contributed by atoms with Crippen LogP contribution < -0.4 is 5.69 Å². The van der Waals surface area contributed by atoms with Gasteiger partial charge in [-0.05, 0) is 61.1 Å². The molecule has 0 aliphatic carbocycles. The van der Waals surface area contributed by atoms with Crippen LogP contribution in [-0.4, -0.2) is 55.2 Å². The Morgan fingerprint density at radius 2 is 1.78 bits per heavy atom. The van der Waals surface area contributed by atoms with Gasteiger partial charge in [0.15, 0.2) is 0 Å². The van der Waals surface area contributed by atoms with Crippen LogP contribution in [0.3, 0.4) is 0 Å². The fourth-order valence-electron chi connectivity index (χ4n) is 5.60. The molecular weight excluding hydrogens is 466 g/mol. The van der Waals surface area contributed by atoms with Crippen molar-refractivity contribution in [2.75, 3.05) is 19.6 Å². The third kappa shape index (κ3) is 5.91. The van der Waals surface area contributed by atoms with Gasteiger partial charge in [-0.3, -0.25) is 14.5 Å². The molecule has 1 saturated heterocycles. The summed E-state index contributed by atoms with van der Waals surface area (Å²) in [6, 6.07) is 22.2.